The average molecular weight is 256 g/mol. The zero-order valence-corrected chi connectivity index (χ0v) is 7.35. The number of rotatable bonds is 4. The smallest absolute Gasteiger partial charge is 0.245 e. The van der Waals surface area contributed by atoms with Crippen molar-refractivity contribution in [2.45, 2.75) is 18.4 Å². The van der Waals surface area contributed by atoms with Gasteiger partial charge in [-0.3, -0.25) is 0 Å². The fourth-order valence-corrected chi connectivity index (χ4v) is 0.443. The molecule has 16 heavy (non-hydrogen) atoms. The number of hydrogen-bond donors (Lipinski definition) is 0. The maximum Gasteiger partial charge on any atom is 0.420 e. The normalized spacial score (nSPS) is 13.8. The molecule has 0 aliphatic heterocycles. The molecule has 0 heterocycles. The average Bonchev–Trinajstić information content (AvgIpc) is 1.98. The Morgan fingerprint density at radius 3 is 1.44 bits per heavy atom. The van der Waals surface area contributed by atoms with E-state index in [9.17, 15) is 35.1 Å². The highest BCUT2D eigenvalue weighted by Crippen LogP contribution is 2.41. The van der Waals surface area contributed by atoms with Gasteiger partial charge in [-0.25, -0.2) is 9.13 Å². The molecule has 0 aromatic heterocycles. The van der Waals surface area contributed by atoms with Gasteiger partial charge in [-0.05, 0) is 0 Å². The first kappa shape index (κ1) is 14.9. The van der Waals surface area contributed by atoms with Crippen molar-refractivity contribution >= 4 is 0 Å². The highest BCUT2D eigenvalue weighted by Gasteiger charge is 2.56. The molecular weight excluding hydrogens is 252 g/mol. The van der Waals surface area contributed by atoms with Gasteiger partial charge in [-0.1, -0.05) is 13.2 Å². The van der Waals surface area contributed by atoms with E-state index in [0.717, 1.165) is 0 Å². The lowest BCUT2D eigenvalue weighted by Gasteiger charge is -2.24. The Labute approximate surface area is 84.0 Å². The monoisotopic (exact) mass is 256 g/mol. The van der Waals surface area contributed by atoms with Crippen molar-refractivity contribution in [3.05, 3.63) is 24.6 Å². The van der Waals surface area contributed by atoms with Gasteiger partial charge in [0.25, 0.3) is 0 Å². The third-order valence-corrected chi connectivity index (χ3v) is 1.27. The molecule has 1 nitrogen and oxygen atoms in total. The molecule has 0 atom stereocenters. The third kappa shape index (κ3) is 3.47. The Morgan fingerprint density at radius 1 is 0.812 bits per heavy atom. The van der Waals surface area contributed by atoms with E-state index >= 15 is 0 Å². The molecule has 0 fully saturated rings. The Kier molecular flexibility index (Phi) is 3.76. The summed E-state index contributed by atoms with van der Waals surface area (Å²) in [6.07, 6.45) is -16.4. The number of hydrogen-bond acceptors (Lipinski definition) is 1. The predicted molar refractivity (Wildman–Crippen MR) is 36.4 cm³/mol. The minimum atomic E-state index is -5.66. The van der Waals surface area contributed by atoms with E-state index < -0.39 is 29.8 Å². The molecule has 0 unspecified atom stereocenters. The fourth-order valence-electron chi connectivity index (χ4n) is 0.443. The van der Waals surface area contributed by atoms with Crippen LogP contribution in [0.5, 0.6) is 0 Å². The highest BCUT2D eigenvalue weighted by molar-refractivity contribution is 5.11. The molecule has 0 radical (unpaired) electrons. The van der Waals surface area contributed by atoms with E-state index in [-0.39, 0.29) is 0 Å². The minimum Gasteiger partial charge on any atom is -0.245 e. The number of alkyl halides is 7. The van der Waals surface area contributed by atoms with Gasteiger partial charge in [-0.2, -0.15) is 30.7 Å². The van der Waals surface area contributed by atoms with Crippen LogP contribution in [0.1, 0.15) is 0 Å². The zero-order chi connectivity index (χ0) is 13.4. The van der Waals surface area contributed by atoms with Crippen LogP contribution in [-0.4, -0.2) is 18.4 Å². The minimum absolute atomic E-state index is 1.86. The summed E-state index contributed by atoms with van der Waals surface area (Å²) in [5.41, 5.74) is -2.87. The van der Waals surface area contributed by atoms with E-state index in [1.165, 1.54) is 0 Å². The number of ether oxygens (including phenoxy) is 1. The van der Waals surface area contributed by atoms with E-state index in [1.807, 2.05) is 13.2 Å². The molecule has 9 heteroatoms. The van der Waals surface area contributed by atoms with E-state index in [0.29, 0.717) is 0 Å². The molecule has 0 spiro atoms. The maximum atomic E-state index is 12.4. The lowest BCUT2D eigenvalue weighted by Crippen LogP contribution is -2.39. The van der Waals surface area contributed by atoms with Gasteiger partial charge in [0.05, 0.1) is 0 Å². The van der Waals surface area contributed by atoms with Crippen molar-refractivity contribution in [1.82, 2.24) is 0 Å². The molecule has 0 aromatic rings. The van der Waals surface area contributed by atoms with Crippen LogP contribution in [0.25, 0.3) is 0 Å². The first-order valence-electron chi connectivity index (χ1n) is 3.38. The summed E-state index contributed by atoms with van der Waals surface area (Å²) < 4.78 is 98.7. The molecule has 0 bridgehead atoms. The summed E-state index contributed by atoms with van der Waals surface area (Å²) in [6, 6.07) is 0. The second kappa shape index (κ2) is 4.04. The molecule has 0 saturated heterocycles. The first-order chi connectivity index (χ1) is 6.81. The molecule has 0 aliphatic carbocycles. The molecule has 0 N–H and O–H groups in total. The van der Waals surface area contributed by atoms with Crippen molar-refractivity contribution in [1.29, 1.82) is 0 Å². The summed E-state index contributed by atoms with van der Waals surface area (Å²) in [7, 11) is 0. The zero-order valence-electron chi connectivity index (χ0n) is 7.35. The third-order valence-electron chi connectivity index (χ3n) is 1.27. The van der Waals surface area contributed by atoms with Crippen molar-refractivity contribution in [2.24, 2.45) is 0 Å². The summed E-state index contributed by atoms with van der Waals surface area (Å²) in [6.45, 7) is 3.80. The Bertz CT molecular complexity index is 302. The predicted octanol–water partition coefficient (Wildman–Crippen LogP) is 3.79. The van der Waals surface area contributed by atoms with Gasteiger partial charge in [0, 0.05) is 0 Å². The van der Waals surface area contributed by atoms with Crippen LogP contribution in [-0.2, 0) is 4.74 Å². The maximum absolute atomic E-state index is 12.4. The lowest BCUT2D eigenvalue weighted by molar-refractivity contribution is -0.357. The molecule has 0 saturated carbocycles. The topological polar surface area (TPSA) is 9.23 Å². The summed E-state index contributed by atoms with van der Waals surface area (Å²) in [5, 5.41) is 0. The van der Waals surface area contributed by atoms with Gasteiger partial charge in [-0.15, -0.1) is 0 Å². The quantitative estimate of drug-likeness (QED) is 0.549. The Balaban J connectivity index is 4.97. The molecule has 0 aliphatic rings. The van der Waals surface area contributed by atoms with Crippen molar-refractivity contribution in [2.75, 3.05) is 0 Å². The van der Waals surface area contributed by atoms with Gasteiger partial charge < -0.3 is 0 Å². The van der Waals surface area contributed by atoms with E-state index in [4.69, 9.17) is 0 Å². The van der Waals surface area contributed by atoms with Gasteiger partial charge in [0.15, 0.2) is 5.83 Å². The second-order valence-corrected chi connectivity index (χ2v) is 2.52. The van der Waals surface area contributed by atoms with Gasteiger partial charge in [0.1, 0.15) is 5.57 Å². The molecule has 0 rings (SSSR count). The highest BCUT2D eigenvalue weighted by atomic mass is 19.4. The van der Waals surface area contributed by atoms with Crippen LogP contribution in [0.15, 0.2) is 24.6 Å². The van der Waals surface area contributed by atoms with E-state index in [2.05, 4.69) is 4.74 Å². The van der Waals surface area contributed by atoms with Crippen LogP contribution in [0.2, 0.25) is 0 Å². The second-order valence-electron chi connectivity index (χ2n) is 2.52. The molecule has 94 valence electrons. The molecule has 0 amide bonds. The van der Waals surface area contributed by atoms with Crippen LogP contribution in [0.4, 0.5) is 35.1 Å². The number of halogens is 8. The molecule has 0 aromatic carbocycles. The fraction of sp³-hybridized carbons (Fsp3) is 0.429. The van der Waals surface area contributed by atoms with Crippen LogP contribution < -0.4 is 0 Å². The Morgan fingerprint density at radius 2 is 1.19 bits per heavy atom. The Hall–Kier alpha value is -1.12. The van der Waals surface area contributed by atoms with Crippen LogP contribution in [0, 0.1) is 0 Å². The summed E-state index contributed by atoms with van der Waals surface area (Å²) >= 11 is 0. The lowest BCUT2D eigenvalue weighted by atomic mass is 10.3. The van der Waals surface area contributed by atoms with E-state index in [1.54, 1.807) is 0 Å². The van der Waals surface area contributed by atoms with Gasteiger partial charge in [0.2, 0.25) is 0 Å². The largest absolute Gasteiger partial charge is 0.420 e. The summed E-state index contributed by atoms with van der Waals surface area (Å²) in [5.74, 6) is -2.65. The van der Waals surface area contributed by atoms with Crippen LogP contribution in [0.3, 0.4) is 0 Å². The van der Waals surface area contributed by atoms with Crippen LogP contribution >= 0.6 is 0 Å². The van der Waals surface area contributed by atoms with Crippen molar-refractivity contribution < 1.29 is 39.9 Å². The first-order valence-corrected chi connectivity index (χ1v) is 3.38. The van der Waals surface area contributed by atoms with Gasteiger partial charge >= 0.3 is 18.4 Å². The summed E-state index contributed by atoms with van der Waals surface area (Å²) in [4.78, 5) is 0. The standard InChI is InChI=1S/C7H4F8O/c1-3(5(9,10)11)6(12,13)16-7(14,15)4(2)8/h1-2H2. The van der Waals surface area contributed by atoms with Crippen molar-refractivity contribution in [3.8, 4) is 0 Å². The van der Waals surface area contributed by atoms with Crippen molar-refractivity contribution in [3.63, 3.8) is 0 Å². The molecular formula is C7H4F8O. The SMILES string of the molecule is C=C(F)C(F)(F)OC(F)(F)C(=C)C(F)(F)F.